The maximum absolute atomic E-state index is 13.4. The first-order valence-electron chi connectivity index (χ1n) is 12.1. The Morgan fingerprint density at radius 1 is 1.18 bits per heavy atom. The van der Waals surface area contributed by atoms with Crippen molar-refractivity contribution in [2.75, 3.05) is 25.0 Å². The summed E-state index contributed by atoms with van der Waals surface area (Å²) in [5, 5.41) is 10.00. The minimum atomic E-state index is -0.294. The van der Waals surface area contributed by atoms with E-state index in [0.717, 1.165) is 40.5 Å². The molecule has 1 aliphatic rings. The summed E-state index contributed by atoms with van der Waals surface area (Å²) in [6.07, 6.45) is 12.6. The van der Waals surface area contributed by atoms with E-state index in [1.54, 1.807) is 35.4 Å². The van der Waals surface area contributed by atoms with Gasteiger partial charge in [-0.25, -0.2) is 9.97 Å². The molecule has 0 aliphatic carbocycles. The van der Waals surface area contributed by atoms with Crippen LogP contribution in [-0.2, 0) is 11.3 Å². The van der Waals surface area contributed by atoms with E-state index in [0.29, 0.717) is 23.6 Å². The molecule has 4 aromatic heterocycles. The average molecular weight is 522 g/mol. The van der Waals surface area contributed by atoms with Gasteiger partial charge in [-0.1, -0.05) is 18.1 Å². The SMILES string of the molecule is C#Cc1cc2cnc(Nc3ccc(C4CNCCO4)cc3)nc2n(Cc2ccncc2-c2nccs2)c1=O. The number of nitrogens with zero attached hydrogens (tertiary/aromatic N) is 5. The van der Waals surface area contributed by atoms with Crippen LogP contribution in [0.3, 0.4) is 0 Å². The molecular formula is C28H23N7O2S. The molecule has 1 aromatic carbocycles. The Kier molecular flexibility index (Phi) is 6.62. The van der Waals surface area contributed by atoms with Crippen molar-refractivity contribution >= 4 is 34.0 Å². The Morgan fingerprint density at radius 2 is 2.08 bits per heavy atom. The quantitative estimate of drug-likeness (QED) is 0.326. The first-order valence-corrected chi connectivity index (χ1v) is 13.0. The van der Waals surface area contributed by atoms with Gasteiger partial charge in [0.15, 0.2) is 0 Å². The highest BCUT2D eigenvalue weighted by atomic mass is 32.1. The molecule has 0 bridgehead atoms. The van der Waals surface area contributed by atoms with Crippen molar-refractivity contribution in [2.24, 2.45) is 0 Å². The second-order valence-corrected chi connectivity index (χ2v) is 9.64. The number of pyridine rings is 2. The zero-order chi connectivity index (χ0) is 25.9. The van der Waals surface area contributed by atoms with E-state index in [-0.39, 0.29) is 23.8 Å². The Bertz CT molecular complexity index is 1690. The maximum Gasteiger partial charge on any atom is 0.268 e. The summed E-state index contributed by atoms with van der Waals surface area (Å²) in [7, 11) is 0. The standard InChI is InChI=1S/C28H23N7O2S/c1-2-18-13-21-14-32-28(33-22-5-3-19(4-6-22)24-16-30-9-11-37-24)34-25(21)35(27(18)36)17-20-7-8-29-15-23(20)26-31-10-12-38-26/h1,3-8,10,12-15,24,30H,9,11,16-17H2,(H,32,33,34). The highest BCUT2D eigenvalue weighted by Crippen LogP contribution is 2.26. The minimum Gasteiger partial charge on any atom is -0.371 e. The van der Waals surface area contributed by atoms with E-state index in [9.17, 15) is 4.79 Å². The number of ether oxygens (including phenoxy) is 1. The van der Waals surface area contributed by atoms with Crippen molar-refractivity contribution in [1.82, 2.24) is 29.8 Å². The molecule has 188 valence electrons. The van der Waals surface area contributed by atoms with Gasteiger partial charge in [0.25, 0.3) is 5.56 Å². The molecule has 0 spiro atoms. The fraction of sp³-hybridized carbons (Fsp3) is 0.179. The molecule has 9 nitrogen and oxygen atoms in total. The van der Waals surface area contributed by atoms with Gasteiger partial charge in [-0.3, -0.25) is 14.3 Å². The summed E-state index contributed by atoms with van der Waals surface area (Å²) in [4.78, 5) is 31.2. The second kappa shape index (κ2) is 10.5. The molecule has 1 fully saturated rings. The molecular weight excluding hydrogens is 498 g/mol. The van der Waals surface area contributed by atoms with Gasteiger partial charge in [-0.15, -0.1) is 17.8 Å². The lowest BCUT2D eigenvalue weighted by molar-refractivity contribution is 0.0277. The maximum atomic E-state index is 13.4. The number of hydrogen-bond donors (Lipinski definition) is 2. The molecule has 1 saturated heterocycles. The van der Waals surface area contributed by atoms with E-state index in [1.165, 1.54) is 11.3 Å². The van der Waals surface area contributed by atoms with Crippen molar-refractivity contribution in [3.8, 4) is 22.9 Å². The molecule has 2 N–H and O–H groups in total. The van der Waals surface area contributed by atoms with Crippen LogP contribution >= 0.6 is 11.3 Å². The van der Waals surface area contributed by atoms with Crippen LogP contribution in [0.2, 0.25) is 0 Å². The molecule has 0 saturated carbocycles. The molecule has 1 unspecified atom stereocenters. The number of terminal acetylenes is 1. The minimum absolute atomic E-state index is 0.0388. The van der Waals surface area contributed by atoms with Crippen molar-refractivity contribution in [2.45, 2.75) is 12.6 Å². The number of benzene rings is 1. The van der Waals surface area contributed by atoms with Crippen LogP contribution in [0, 0.1) is 12.3 Å². The summed E-state index contributed by atoms with van der Waals surface area (Å²) in [5.74, 6) is 2.87. The zero-order valence-corrected chi connectivity index (χ0v) is 21.1. The number of anilines is 2. The van der Waals surface area contributed by atoms with E-state index >= 15 is 0 Å². The van der Waals surface area contributed by atoms with Gasteiger partial charge in [-0.2, -0.15) is 4.98 Å². The molecule has 6 rings (SSSR count). The molecule has 0 radical (unpaired) electrons. The van der Waals surface area contributed by atoms with E-state index < -0.39 is 0 Å². The third-order valence-electron chi connectivity index (χ3n) is 6.35. The highest BCUT2D eigenvalue weighted by molar-refractivity contribution is 7.13. The lowest BCUT2D eigenvalue weighted by Crippen LogP contribution is -2.33. The third-order valence-corrected chi connectivity index (χ3v) is 7.16. The van der Waals surface area contributed by atoms with Gasteiger partial charge in [0, 0.05) is 59.9 Å². The van der Waals surface area contributed by atoms with Crippen LogP contribution in [0.5, 0.6) is 0 Å². The first-order chi connectivity index (χ1) is 18.7. The van der Waals surface area contributed by atoms with Gasteiger partial charge >= 0.3 is 0 Å². The predicted molar refractivity (Wildman–Crippen MR) is 147 cm³/mol. The lowest BCUT2D eigenvalue weighted by atomic mass is 10.1. The molecule has 1 atom stereocenters. The summed E-state index contributed by atoms with van der Waals surface area (Å²) >= 11 is 1.51. The van der Waals surface area contributed by atoms with Crippen LogP contribution in [0.1, 0.15) is 22.8 Å². The summed E-state index contributed by atoms with van der Waals surface area (Å²) < 4.78 is 7.42. The van der Waals surface area contributed by atoms with Crippen molar-refractivity contribution in [3.63, 3.8) is 0 Å². The van der Waals surface area contributed by atoms with Crippen LogP contribution < -0.4 is 16.2 Å². The van der Waals surface area contributed by atoms with Crippen molar-refractivity contribution in [3.05, 3.63) is 93.6 Å². The summed E-state index contributed by atoms with van der Waals surface area (Å²) in [6.45, 7) is 2.61. The summed E-state index contributed by atoms with van der Waals surface area (Å²) in [6, 6.07) is 11.5. The van der Waals surface area contributed by atoms with Gasteiger partial charge < -0.3 is 15.4 Å². The van der Waals surface area contributed by atoms with Crippen molar-refractivity contribution < 1.29 is 4.74 Å². The normalized spacial score (nSPS) is 15.3. The van der Waals surface area contributed by atoms with Crippen molar-refractivity contribution in [1.29, 1.82) is 0 Å². The number of aromatic nitrogens is 5. The number of hydrogen-bond acceptors (Lipinski definition) is 9. The zero-order valence-electron chi connectivity index (χ0n) is 20.3. The lowest BCUT2D eigenvalue weighted by Gasteiger charge is -2.24. The molecule has 0 amide bonds. The Morgan fingerprint density at radius 3 is 2.84 bits per heavy atom. The number of morpholine rings is 1. The van der Waals surface area contributed by atoms with Crippen LogP contribution in [0.25, 0.3) is 21.6 Å². The van der Waals surface area contributed by atoms with E-state index in [4.69, 9.17) is 16.1 Å². The topological polar surface area (TPSA) is 107 Å². The highest BCUT2D eigenvalue weighted by Gasteiger charge is 2.17. The van der Waals surface area contributed by atoms with Gasteiger partial charge in [0.1, 0.15) is 10.7 Å². The average Bonchev–Trinajstić information content (AvgIpc) is 3.51. The molecule has 5 heterocycles. The Labute approximate surface area is 222 Å². The second-order valence-electron chi connectivity index (χ2n) is 8.75. The number of fused-ring (bicyclic) bond motifs is 1. The fourth-order valence-electron chi connectivity index (χ4n) is 4.44. The molecule has 1 aliphatic heterocycles. The van der Waals surface area contributed by atoms with E-state index in [1.807, 2.05) is 35.7 Å². The van der Waals surface area contributed by atoms with Gasteiger partial charge in [0.2, 0.25) is 5.95 Å². The first kappa shape index (κ1) is 23.9. The molecule has 5 aromatic rings. The predicted octanol–water partition coefficient (Wildman–Crippen LogP) is 3.74. The van der Waals surface area contributed by atoms with E-state index in [2.05, 4.69) is 31.5 Å². The van der Waals surface area contributed by atoms with Crippen LogP contribution in [0.15, 0.2) is 71.4 Å². The van der Waals surface area contributed by atoms with Crippen LogP contribution in [0.4, 0.5) is 11.6 Å². The van der Waals surface area contributed by atoms with Gasteiger partial charge in [-0.05, 0) is 35.4 Å². The van der Waals surface area contributed by atoms with Gasteiger partial charge in [0.05, 0.1) is 24.8 Å². The fourth-order valence-corrected chi connectivity index (χ4v) is 5.12. The third kappa shape index (κ3) is 4.78. The molecule has 10 heteroatoms. The number of thiazole rings is 1. The summed E-state index contributed by atoms with van der Waals surface area (Å²) in [5.41, 5.74) is 4.11. The largest absolute Gasteiger partial charge is 0.371 e. The Balaban J connectivity index is 1.35. The molecule has 38 heavy (non-hydrogen) atoms. The number of nitrogens with one attached hydrogen (secondary N) is 2. The monoisotopic (exact) mass is 521 g/mol. The van der Waals surface area contributed by atoms with Crippen LogP contribution in [-0.4, -0.2) is 44.2 Å². The Hall–Kier alpha value is -4.43. The number of rotatable bonds is 6. The smallest absolute Gasteiger partial charge is 0.268 e.